The Hall–Kier alpha value is -1.95. The molecule has 1 aromatic carbocycles. The third kappa shape index (κ3) is 3.33. The molecule has 0 aliphatic heterocycles. The Morgan fingerprint density at radius 2 is 2.00 bits per heavy atom. The minimum Gasteiger partial charge on any atom is -0.477 e. The van der Waals surface area contributed by atoms with Crippen LogP contribution in [-0.4, -0.2) is 28.1 Å². The van der Waals surface area contributed by atoms with Gasteiger partial charge < -0.3 is 10.0 Å². The second-order valence-electron chi connectivity index (χ2n) is 4.44. The van der Waals surface area contributed by atoms with Crippen molar-refractivity contribution in [2.75, 3.05) is 11.9 Å². The fourth-order valence-corrected chi connectivity index (χ4v) is 2.10. The highest BCUT2D eigenvalue weighted by atomic mass is 79.9. The van der Waals surface area contributed by atoms with Gasteiger partial charge >= 0.3 is 5.97 Å². The molecule has 0 atom stereocenters. The van der Waals surface area contributed by atoms with E-state index in [2.05, 4.69) is 25.9 Å². The van der Waals surface area contributed by atoms with Gasteiger partial charge in [0.15, 0.2) is 0 Å². The minimum absolute atomic E-state index is 0.107. The van der Waals surface area contributed by atoms with E-state index in [1.807, 2.05) is 31.3 Å². The Morgan fingerprint density at radius 1 is 1.35 bits per heavy atom. The fourth-order valence-electron chi connectivity index (χ4n) is 1.84. The molecule has 6 heteroatoms. The second kappa shape index (κ2) is 6.00. The zero-order chi connectivity index (χ0) is 14.7. The van der Waals surface area contributed by atoms with Crippen LogP contribution in [0, 0.1) is 6.92 Å². The number of aromatic nitrogens is 2. The van der Waals surface area contributed by atoms with E-state index in [1.54, 1.807) is 11.8 Å². The number of benzene rings is 1. The lowest BCUT2D eigenvalue weighted by Gasteiger charge is -2.20. The first-order chi connectivity index (χ1) is 9.47. The van der Waals surface area contributed by atoms with E-state index in [0.717, 1.165) is 10.0 Å². The van der Waals surface area contributed by atoms with Gasteiger partial charge in [0.1, 0.15) is 17.2 Å². The summed E-state index contributed by atoms with van der Waals surface area (Å²) in [5, 5.41) is 9.20. The van der Waals surface area contributed by atoms with Gasteiger partial charge in [0.2, 0.25) is 0 Å². The molecule has 0 radical (unpaired) electrons. The normalized spacial score (nSPS) is 10.3. The van der Waals surface area contributed by atoms with Crippen LogP contribution in [0.2, 0.25) is 0 Å². The van der Waals surface area contributed by atoms with Crippen LogP contribution in [-0.2, 0) is 6.54 Å². The van der Waals surface area contributed by atoms with Crippen LogP contribution in [0.1, 0.15) is 21.7 Å². The highest BCUT2D eigenvalue weighted by Gasteiger charge is 2.16. The van der Waals surface area contributed by atoms with Crippen molar-refractivity contribution in [3.05, 3.63) is 51.9 Å². The van der Waals surface area contributed by atoms with Crippen molar-refractivity contribution in [1.29, 1.82) is 0 Å². The second-order valence-corrected chi connectivity index (χ2v) is 5.36. The topological polar surface area (TPSA) is 66.3 Å². The van der Waals surface area contributed by atoms with Gasteiger partial charge in [0, 0.05) is 24.3 Å². The van der Waals surface area contributed by atoms with Crippen molar-refractivity contribution in [2.24, 2.45) is 0 Å². The van der Waals surface area contributed by atoms with Gasteiger partial charge in [0.05, 0.1) is 0 Å². The van der Waals surface area contributed by atoms with Gasteiger partial charge in [-0.15, -0.1) is 0 Å². The van der Waals surface area contributed by atoms with Crippen LogP contribution in [0.5, 0.6) is 0 Å². The number of carbonyl (C=O) groups is 1. The fraction of sp³-hybridized carbons (Fsp3) is 0.214. The van der Waals surface area contributed by atoms with Crippen molar-refractivity contribution in [3.8, 4) is 0 Å². The molecular formula is C14H14BrN3O2. The van der Waals surface area contributed by atoms with Crippen LogP contribution in [0.25, 0.3) is 0 Å². The molecule has 1 aromatic heterocycles. The number of hydrogen-bond donors (Lipinski definition) is 1. The average molecular weight is 336 g/mol. The van der Waals surface area contributed by atoms with Gasteiger partial charge in [-0.3, -0.25) is 0 Å². The third-order valence-electron chi connectivity index (χ3n) is 2.81. The molecular weight excluding hydrogens is 322 g/mol. The van der Waals surface area contributed by atoms with Crippen LogP contribution in [0.3, 0.4) is 0 Å². The van der Waals surface area contributed by atoms with Gasteiger partial charge in [-0.1, -0.05) is 28.1 Å². The Morgan fingerprint density at radius 3 is 2.60 bits per heavy atom. The summed E-state index contributed by atoms with van der Waals surface area (Å²) in [5.41, 5.74) is 1.18. The molecule has 1 N–H and O–H groups in total. The van der Waals surface area contributed by atoms with Crippen molar-refractivity contribution in [3.63, 3.8) is 0 Å². The van der Waals surface area contributed by atoms with Gasteiger partial charge in [-0.2, -0.15) is 0 Å². The van der Waals surface area contributed by atoms with E-state index >= 15 is 0 Å². The maximum atomic E-state index is 11.2. The van der Waals surface area contributed by atoms with Crippen LogP contribution in [0.4, 0.5) is 5.82 Å². The molecule has 1 heterocycles. The molecule has 0 unspecified atom stereocenters. The molecule has 104 valence electrons. The summed E-state index contributed by atoms with van der Waals surface area (Å²) >= 11 is 3.38. The Kier molecular flexibility index (Phi) is 4.34. The molecule has 0 saturated carbocycles. The lowest BCUT2D eigenvalue weighted by molar-refractivity contribution is 0.0696. The Balaban J connectivity index is 2.28. The summed E-state index contributed by atoms with van der Waals surface area (Å²) in [4.78, 5) is 21.2. The molecule has 0 spiro atoms. The molecule has 2 aromatic rings. The first-order valence-corrected chi connectivity index (χ1v) is 6.79. The van der Waals surface area contributed by atoms with E-state index in [-0.39, 0.29) is 5.56 Å². The van der Waals surface area contributed by atoms with Gasteiger partial charge in [-0.05, 0) is 24.6 Å². The summed E-state index contributed by atoms with van der Waals surface area (Å²) < 4.78 is 1.01. The predicted octanol–water partition coefficient (Wildman–Crippen LogP) is 2.88. The standard InChI is InChI=1S/C14H14BrN3O2/c1-9-16-7-12(14(19)20)13(17-9)18(2)8-10-3-5-11(15)6-4-10/h3-7H,8H2,1-2H3,(H,19,20). The van der Waals surface area contributed by atoms with Crippen molar-refractivity contribution in [2.45, 2.75) is 13.5 Å². The first kappa shape index (κ1) is 14.5. The SMILES string of the molecule is Cc1ncc(C(=O)O)c(N(C)Cc2ccc(Br)cc2)n1. The number of hydrogen-bond acceptors (Lipinski definition) is 4. The molecule has 2 rings (SSSR count). The van der Waals surface area contributed by atoms with E-state index < -0.39 is 5.97 Å². The third-order valence-corrected chi connectivity index (χ3v) is 3.34. The van der Waals surface area contributed by atoms with Crippen LogP contribution >= 0.6 is 15.9 Å². The summed E-state index contributed by atoms with van der Waals surface area (Å²) in [5.74, 6) is -0.0526. The molecule has 0 aliphatic rings. The maximum absolute atomic E-state index is 11.2. The number of anilines is 1. The number of rotatable bonds is 4. The summed E-state index contributed by atoms with van der Waals surface area (Å²) in [6.07, 6.45) is 1.35. The molecule has 5 nitrogen and oxygen atoms in total. The molecule has 0 amide bonds. The Labute approximate surface area is 125 Å². The van der Waals surface area contributed by atoms with Crippen molar-refractivity contribution < 1.29 is 9.90 Å². The average Bonchev–Trinajstić information content (AvgIpc) is 2.41. The van der Waals surface area contributed by atoms with E-state index in [9.17, 15) is 9.90 Å². The quantitative estimate of drug-likeness (QED) is 0.930. The van der Waals surface area contributed by atoms with Crippen LogP contribution in [0.15, 0.2) is 34.9 Å². The number of carboxylic acid groups (broad SMARTS) is 1. The van der Waals surface area contributed by atoms with E-state index in [1.165, 1.54) is 6.20 Å². The number of aromatic carboxylic acids is 1. The summed E-state index contributed by atoms with van der Waals surface area (Å²) in [6, 6.07) is 7.86. The smallest absolute Gasteiger partial charge is 0.341 e. The molecule has 0 aliphatic carbocycles. The lowest BCUT2D eigenvalue weighted by Crippen LogP contribution is -2.21. The monoisotopic (exact) mass is 335 g/mol. The minimum atomic E-state index is -1.03. The zero-order valence-electron chi connectivity index (χ0n) is 11.2. The zero-order valence-corrected chi connectivity index (χ0v) is 12.8. The molecule has 0 saturated heterocycles. The molecule has 20 heavy (non-hydrogen) atoms. The highest BCUT2D eigenvalue weighted by Crippen LogP contribution is 2.19. The number of nitrogens with zero attached hydrogens (tertiary/aromatic N) is 3. The summed E-state index contributed by atoms with van der Waals surface area (Å²) in [6.45, 7) is 2.31. The summed E-state index contributed by atoms with van der Waals surface area (Å²) in [7, 11) is 1.82. The van der Waals surface area contributed by atoms with Gasteiger partial charge in [0.25, 0.3) is 0 Å². The highest BCUT2D eigenvalue weighted by molar-refractivity contribution is 9.10. The Bertz CT molecular complexity index is 629. The molecule has 0 bridgehead atoms. The van der Waals surface area contributed by atoms with E-state index in [4.69, 9.17) is 0 Å². The maximum Gasteiger partial charge on any atom is 0.341 e. The lowest BCUT2D eigenvalue weighted by atomic mass is 10.2. The largest absolute Gasteiger partial charge is 0.477 e. The van der Waals surface area contributed by atoms with Crippen LogP contribution < -0.4 is 4.90 Å². The van der Waals surface area contributed by atoms with Crippen molar-refractivity contribution >= 4 is 27.7 Å². The number of aryl methyl sites for hydroxylation is 1. The van der Waals surface area contributed by atoms with E-state index in [0.29, 0.717) is 18.2 Å². The number of halogens is 1. The predicted molar refractivity (Wildman–Crippen MR) is 80.0 cm³/mol. The number of carboxylic acids is 1. The first-order valence-electron chi connectivity index (χ1n) is 6.00. The molecule has 0 fully saturated rings. The van der Waals surface area contributed by atoms with Crippen molar-refractivity contribution in [1.82, 2.24) is 9.97 Å². The van der Waals surface area contributed by atoms with Gasteiger partial charge in [-0.25, -0.2) is 14.8 Å².